The zero-order valence-electron chi connectivity index (χ0n) is 13.4. The maximum Gasteiger partial charge on any atom is 0.222 e. The van der Waals surface area contributed by atoms with Gasteiger partial charge in [0.25, 0.3) is 0 Å². The first-order valence-corrected chi connectivity index (χ1v) is 8.38. The Morgan fingerprint density at radius 3 is 2.86 bits per heavy atom. The summed E-state index contributed by atoms with van der Waals surface area (Å²) in [5.41, 5.74) is 0. The Labute approximate surface area is 127 Å². The van der Waals surface area contributed by atoms with Crippen LogP contribution in [0.1, 0.15) is 46.0 Å². The highest BCUT2D eigenvalue weighted by Crippen LogP contribution is 2.22. The molecule has 5 heteroatoms. The van der Waals surface area contributed by atoms with Gasteiger partial charge in [0.1, 0.15) is 0 Å². The van der Waals surface area contributed by atoms with Gasteiger partial charge in [-0.1, -0.05) is 13.8 Å². The minimum Gasteiger partial charge on any atom is -0.352 e. The number of hydrogen-bond acceptors (Lipinski definition) is 3. The van der Waals surface area contributed by atoms with Gasteiger partial charge < -0.3 is 15.5 Å². The normalized spacial score (nSPS) is 27.4. The highest BCUT2D eigenvalue weighted by atomic mass is 16.2. The Kier molecular flexibility index (Phi) is 6.03. The predicted octanol–water partition coefficient (Wildman–Crippen LogP) is 1.14. The van der Waals surface area contributed by atoms with Gasteiger partial charge in [0.2, 0.25) is 11.8 Å². The summed E-state index contributed by atoms with van der Waals surface area (Å²) in [5, 5.41) is 6.52. The summed E-state index contributed by atoms with van der Waals surface area (Å²) in [6.07, 6.45) is 4.48. The van der Waals surface area contributed by atoms with Crippen LogP contribution < -0.4 is 10.6 Å². The van der Waals surface area contributed by atoms with Gasteiger partial charge in [-0.25, -0.2) is 0 Å². The fourth-order valence-corrected chi connectivity index (χ4v) is 3.44. The molecule has 0 spiro atoms. The van der Waals surface area contributed by atoms with Crippen molar-refractivity contribution in [3.05, 3.63) is 0 Å². The van der Waals surface area contributed by atoms with E-state index in [1.165, 1.54) is 12.8 Å². The van der Waals surface area contributed by atoms with Crippen LogP contribution in [0.2, 0.25) is 0 Å². The third-order valence-corrected chi connectivity index (χ3v) is 4.86. The molecule has 21 heavy (non-hydrogen) atoms. The molecular formula is C16H29N3O2. The number of amides is 2. The molecule has 2 saturated heterocycles. The molecule has 0 aliphatic carbocycles. The molecule has 0 bridgehead atoms. The van der Waals surface area contributed by atoms with Crippen LogP contribution in [0.15, 0.2) is 0 Å². The van der Waals surface area contributed by atoms with E-state index >= 15 is 0 Å². The lowest BCUT2D eigenvalue weighted by Gasteiger charge is -2.28. The summed E-state index contributed by atoms with van der Waals surface area (Å²) < 4.78 is 0. The third-order valence-electron chi connectivity index (χ3n) is 4.86. The molecule has 0 aromatic heterocycles. The standard InChI is InChI=1S/C16H29N3O2/c1-3-16(21)19-8-6-14(11-19)18-15(20)9-12(2)13-5-4-7-17-10-13/h12-14,17H,3-11H2,1-2H3,(H,18,20). The molecule has 0 aromatic rings. The maximum absolute atomic E-state index is 12.2. The SMILES string of the molecule is CCC(=O)N1CCC(NC(=O)CC(C)C2CCCNC2)C1. The summed E-state index contributed by atoms with van der Waals surface area (Å²) in [6.45, 7) is 7.67. The van der Waals surface area contributed by atoms with Crippen LogP contribution in [0.5, 0.6) is 0 Å². The molecule has 0 radical (unpaired) electrons. The average molecular weight is 295 g/mol. The molecule has 5 nitrogen and oxygen atoms in total. The van der Waals surface area contributed by atoms with Crippen molar-refractivity contribution >= 4 is 11.8 Å². The van der Waals surface area contributed by atoms with Crippen LogP contribution in [-0.2, 0) is 9.59 Å². The van der Waals surface area contributed by atoms with Crippen molar-refractivity contribution in [2.45, 2.75) is 52.0 Å². The number of nitrogens with zero attached hydrogens (tertiary/aromatic N) is 1. The van der Waals surface area contributed by atoms with Gasteiger partial charge in [-0.05, 0) is 44.2 Å². The molecule has 2 heterocycles. The highest BCUT2D eigenvalue weighted by Gasteiger charge is 2.28. The van der Waals surface area contributed by atoms with E-state index < -0.39 is 0 Å². The van der Waals surface area contributed by atoms with E-state index in [4.69, 9.17) is 0 Å². The molecule has 0 saturated carbocycles. The summed E-state index contributed by atoms with van der Waals surface area (Å²) in [6, 6.07) is 0.143. The second-order valence-electron chi connectivity index (χ2n) is 6.53. The van der Waals surface area contributed by atoms with Crippen LogP contribution >= 0.6 is 0 Å². The largest absolute Gasteiger partial charge is 0.352 e. The van der Waals surface area contributed by atoms with Crippen LogP contribution in [0.25, 0.3) is 0 Å². The first kappa shape index (κ1) is 16.3. The molecule has 2 fully saturated rings. The Hall–Kier alpha value is -1.10. The van der Waals surface area contributed by atoms with Crippen molar-refractivity contribution in [1.29, 1.82) is 0 Å². The molecule has 2 amide bonds. The average Bonchev–Trinajstić information content (AvgIpc) is 2.95. The maximum atomic E-state index is 12.2. The number of nitrogens with one attached hydrogen (secondary N) is 2. The highest BCUT2D eigenvalue weighted by molar-refractivity contribution is 5.78. The first-order chi connectivity index (χ1) is 10.1. The Bertz CT molecular complexity index is 367. The monoisotopic (exact) mass is 295 g/mol. The van der Waals surface area contributed by atoms with Gasteiger partial charge in [-0.15, -0.1) is 0 Å². The number of hydrogen-bond donors (Lipinski definition) is 2. The minimum atomic E-state index is 0.142. The van der Waals surface area contributed by atoms with E-state index in [1.807, 2.05) is 11.8 Å². The fourth-order valence-electron chi connectivity index (χ4n) is 3.44. The van der Waals surface area contributed by atoms with Crippen LogP contribution in [0.4, 0.5) is 0 Å². The lowest BCUT2D eigenvalue weighted by molar-refractivity contribution is -0.130. The topological polar surface area (TPSA) is 61.4 Å². The number of rotatable bonds is 5. The predicted molar refractivity (Wildman–Crippen MR) is 82.8 cm³/mol. The first-order valence-electron chi connectivity index (χ1n) is 8.38. The van der Waals surface area contributed by atoms with Gasteiger partial charge in [-0.2, -0.15) is 0 Å². The molecule has 3 unspecified atom stereocenters. The number of likely N-dealkylation sites (tertiary alicyclic amines) is 1. The third kappa shape index (κ3) is 4.70. The Morgan fingerprint density at radius 2 is 2.19 bits per heavy atom. The number of carbonyl (C=O) groups excluding carboxylic acids is 2. The van der Waals surface area contributed by atoms with E-state index in [1.54, 1.807) is 0 Å². The van der Waals surface area contributed by atoms with Crippen LogP contribution in [0.3, 0.4) is 0 Å². The van der Waals surface area contributed by atoms with Gasteiger partial charge in [0.05, 0.1) is 0 Å². The molecule has 3 atom stereocenters. The quantitative estimate of drug-likeness (QED) is 0.799. The second-order valence-corrected chi connectivity index (χ2v) is 6.53. The van der Waals surface area contributed by atoms with Gasteiger partial charge in [0, 0.05) is 32.0 Å². The summed E-state index contributed by atoms with van der Waals surface area (Å²) >= 11 is 0. The van der Waals surface area contributed by atoms with Crippen LogP contribution in [0, 0.1) is 11.8 Å². The van der Waals surface area contributed by atoms with E-state index in [0.717, 1.165) is 26.1 Å². The van der Waals surface area contributed by atoms with E-state index in [-0.39, 0.29) is 17.9 Å². The number of carbonyl (C=O) groups is 2. The lowest BCUT2D eigenvalue weighted by atomic mass is 9.85. The fraction of sp³-hybridized carbons (Fsp3) is 0.875. The molecule has 120 valence electrons. The minimum absolute atomic E-state index is 0.142. The van der Waals surface area contributed by atoms with E-state index in [9.17, 15) is 9.59 Å². The van der Waals surface area contributed by atoms with Crippen molar-refractivity contribution in [3.63, 3.8) is 0 Å². The van der Waals surface area contributed by atoms with Crippen LogP contribution in [-0.4, -0.2) is 48.9 Å². The van der Waals surface area contributed by atoms with Crippen molar-refractivity contribution < 1.29 is 9.59 Å². The number of piperidine rings is 1. The van der Waals surface area contributed by atoms with Crippen molar-refractivity contribution in [2.24, 2.45) is 11.8 Å². The summed E-state index contributed by atoms with van der Waals surface area (Å²) in [5.74, 6) is 1.37. The Balaban J connectivity index is 1.71. The second kappa shape index (κ2) is 7.78. The zero-order valence-corrected chi connectivity index (χ0v) is 13.4. The molecule has 2 N–H and O–H groups in total. The molecule has 2 aliphatic rings. The van der Waals surface area contributed by atoms with Crippen molar-refractivity contribution in [1.82, 2.24) is 15.5 Å². The lowest BCUT2D eigenvalue weighted by Crippen LogP contribution is -2.40. The van der Waals surface area contributed by atoms with Gasteiger partial charge in [0.15, 0.2) is 0 Å². The van der Waals surface area contributed by atoms with Crippen molar-refractivity contribution in [3.8, 4) is 0 Å². The smallest absolute Gasteiger partial charge is 0.222 e. The van der Waals surface area contributed by atoms with E-state index in [0.29, 0.717) is 31.2 Å². The van der Waals surface area contributed by atoms with Crippen molar-refractivity contribution in [2.75, 3.05) is 26.2 Å². The van der Waals surface area contributed by atoms with Gasteiger partial charge in [-0.3, -0.25) is 9.59 Å². The summed E-state index contributed by atoms with van der Waals surface area (Å²) in [4.78, 5) is 25.7. The molecule has 2 aliphatic heterocycles. The van der Waals surface area contributed by atoms with E-state index in [2.05, 4.69) is 17.6 Å². The summed E-state index contributed by atoms with van der Waals surface area (Å²) in [7, 11) is 0. The zero-order chi connectivity index (χ0) is 15.2. The molecule has 2 rings (SSSR count). The Morgan fingerprint density at radius 1 is 1.38 bits per heavy atom. The van der Waals surface area contributed by atoms with Gasteiger partial charge >= 0.3 is 0 Å². The molecule has 0 aromatic carbocycles. The molecular weight excluding hydrogens is 266 g/mol.